The summed E-state index contributed by atoms with van der Waals surface area (Å²) in [6.45, 7) is 3.00. The zero-order valence-corrected chi connectivity index (χ0v) is 11.4. The van der Waals surface area contributed by atoms with Crippen molar-refractivity contribution >= 4 is 5.97 Å². The summed E-state index contributed by atoms with van der Waals surface area (Å²) in [6, 6.07) is 0. The molecular weight excluding hydrogens is 279 g/mol. The lowest BCUT2D eigenvalue weighted by molar-refractivity contribution is -0.155. The fraction of sp³-hybridized carbons (Fsp3) is 0.727. The minimum Gasteiger partial charge on any atom is -0.480 e. The molecule has 0 unspecified atom stereocenters. The average molecular weight is 295 g/mol. The number of aliphatic carboxylic acids is 1. The fourth-order valence-electron chi connectivity index (χ4n) is 1.43. The van der Waals surface area contributed by atoms with E-state index in [0.717, 1.165) is 0 Å². The maximum Gasteiger partial charge on any atom is 0.401 e. The molecule has 1 aromatic heterocycles. The van der Waals surface area contributed by atoms with Crippen molar-refractivity contribution in [2.75, 3.05) is 13.1 Å². The highest BCUT2D eigenvalue weighted by atomic mass is 19.4. The fourth-order valence-corrected chi connectivity index (χ4v) is 1.43. The lowest BCUT2D eigenvalue weighted by Gasteiger charge is -2.19. The molecule has 1 aromatic rings. The molecule has 0 bridgehead atoms. The number of aromatic nitrogens is 2. The van der Waals surface area contributed by atoms with Crippen LogP contribution in [0.15, 0.2) is 4.52 Å². The third-order valence-electron chi connectivity index (χ3n) is 2.26. The molecule has 9 heteroatoms. The van der Waals surface area contributed by atoms with Crippen molar-refractivity contribution in [3.8, 4) is 0 Å². The van der Waals surface area contributed by atoms with E-state index in [4.69, 9.17) is 9.63 Å². The number of carboxylic acid groups (broad SMARTS) is 1. The first-order valence-corrected chi connectivity index (χ1v) is 5.81. The quantitative estimate of drug-likeness (QED) is 0.892. The first-order valence-electron chi connectivity index (χ1n) is 5.81. The summed E-state index contributed by atoms with van der Waals surface area (Å²) in [6.07, 6.45) is -4.50. The monoisotopic (exact) mass is 295 g/mol. The first kappa shape index (κ1) is 16.4. The molecule has 0 aromatic carbocycles. The van der Waals surface area contributed by atoms with Gasteiger partial charge in [0.15, 0.2) is 5.82 Å². The van der Waals surface area contributed by atoms with Crippen LogP contribution in [0.1, 0.15) is 32.5 Å². The summed E-state index contributed by atoms with van der Waals surface area (Å²) >= 11 is 0. The third-order valence-corrected chi connectivity index (χ3v) is 2.26. The number of nitrogens with zero attached hydrogens (tertiary/aromatic N) is 3. The predicted octanol–water partition coefficient (Wildman–Crippen LogP) is 1.82. The molecule has 0 aliphatic carbocycles. The molecule has 0 saturated carbocycles. The molecule has 0 atom stereocenters. The Morgan fingerprint density at radius 2 is 1.95 bits per heavy atom. The third kappa shape index (κ3) is 5.55. The molecular formula is C11H16F3N3O3. The number of hydrogen-bond donors (Lipinski definition) is 1. The zero-order valence-electron chi connectivity index (χ0n) is 11.4. The molecule has 0 fully saturated rings. The second-order valence-corrected chi connectivity index (χ2v) is 5.42. The Morgan fingerprint density at radius 3 is 2.35 bits per heavy atom. The smallest absolute Gasteiger partial charge is 0.401 e. The summed E-state index contributed by atoms with van der Waals surface area (Å²) in [7, 11) is 0. The van der Waals surface area contributed by atoms with Gasteiger partial charge in [0.2, 0.25) is 5.89 Å². The van der Waals surface area contributed by atoms with Crippen molar-refractivity contribution in [2.45, 2.75) is 38.9 Å². The number of alkyl halides is 3. The van der Waals surface area contributed by atoms with E-state index in [-0.39, 0.29) is 12.4 Å². The number of carboxylic acids is 1. The molecule has 0 amide bonds. The second kappa shape index (κ2) is 5.78. The summed E-state index contributed by atoms with van der Waals surface area (Å²) in [5, 5.41) is 12.3. The first-order chi connectivity index (χ1) is 8.97. The Morgan fingerprint density at radius 1 is 1.35 bits per heavy atom. The molecule has 0 spiro atoms. The lowest BCUT2D eigenvalue weighted by atomic mass is 9.96. The van der Waals surface area contributed by atoms with Crippen molar-refractivity contribution < 1.29 is 27.6 Å². The van der Waals surface area contributed by atoms with Crippen molar-refractivity contribution in [1.82, 2.24) is 15.0 Å². The van der Waals surface area contributed by atoms with Crippen LogP contribution >= 0.6 is 0 Å². The van der Waals surface area contributed by atoms with Crippen LogP contribution in [0.3, 0.4) is 0 Å². The van der Waals surface area contributed by atoms with Gasteiger partial charge in [0.25, 0.3) is 0 Å². The van der Waals surface area contributed by atoms with Gasteiger partial charge in [-0.3, -0.25) is 9.69 Å². The maximum absolute atomic E-state index is 12.4. The van der Waals surface area contributed by atoms with Gasteiger partial charge in [-0.1, -0.05) is 25.9 Å². The van der Waals surface area contributed by atoms with Gasteiger partial charge in [0.05, 0.1) is 19.6 Å². The van der Waals surface area contributed by atoms with Crippen LogP contribution in [0.2, 0.25) is 0 Å². The Labute approximate surface area is 113 Å². The van der Waals surface area contributed by atoms with Gasteiger partial charge in [-0.05, 0) is 0 Å². The molecule has 1 rings (SSSR count). The molecule has 1 N–H and O–H groups in total. The van der Waals surface area contributed by atoms with Crippen molar-refractivity contribution in [3.63, 3.8) is 0 Å². The molecule has 0 saturated heterocycles. The highest BCUT2D eigenvalue weighted by molar-refractivity contribution is 5.69. The van der Waals surface area contributed by atoms with Gasteiger partial charge in [0.1, 0.15) is 0 Å². The average Bonchev–Trinajstić information content (AvgIpc) is 2.61. The van der Waals surface area contributed by atoms with Gasteiger partial charge in [0, 0.05) is 5.41 Å². The van der Waals surface area contributed by atoms with E-state index in [9.17, 15) is 18.0 Å². The van der Waals surface area contributed by atoms with E-state index in [1.54, 1.807) is 0 Å². The van der Waals surface area contributed by atoms with E-state index < -0.39 is 30.7 Å². The van der Waals surface area contributed by atoms with E-state index >= 15 is 0 Å². The summed E-state index contributed by atoms with van der Waals surface area (Å²) < 4.78 is 41.9. The van der Waals surface area contributed by atoms with Crippen LogP contribution in [0, 0.1) is 0 Å². The zero-order chi connectivity index (χ0) is 15.6. The van der Waals surface area contributed by atoms with Crippen molar-refractivity contribution in [1.29, 1.82) is 0 Å². The standard InChI is InChI=1S/C11H16F3N3O3/c1-10(2,3)9-15-7(20-16-9)4-17(5-8(18)19)6-11(12,13)14/h4-6H2,1-3H3,(H,18,19). The van der Waals surface area contributed by atoms with Crippen molar-refractivity contribution in [2.24, 2.45) is 0 Å². The number of halogens is 3. The summed E-state index contributed by atoms with van der Waals surface area (Å²) in [5.41, 5.74) is -0.399. The highest BCUT2D eigenvalue weighted by Crippen LogP contribution is 2.20. The van der Waals surface area contributed by atoms with Crippen molar-refractivity contribution in [3.05, 3.63) is 11.7 Å². The van der Waals surface area contributed by atoms with Crippen LogP contribution in [0.25, 0.3) is 0 Å². The Balaban J connectivity index is 2.79. The van der Waals surface area contributed by atoms with Gasteiger partial charge >= 0.3 is 12.1 Å². The van der Waals surface area contributed by atoms with Gasteiger partial charge in [-0.25, -0.2) is 0 Å². The van der Waals surface area contributed by atoms with Crippen LogP contribution in [-0.4, -0.2) is 45.4 Å². The maximum atomic E-state index is 12.4. The van der Waals surface area contributed by atoms with Gasteiger partial charge in [-0.15, -0.1) is 0 Å². The SMILES string of the molecule is CC(C)(C)c1noc(CN(CC(=O)O)CC(F)(F)F)n1. The Bertz CT molecular complexity index is 465. The minimum atomic E-state index is -4.50. The van der Waals surface area contributed by atoms with E-state index in [1.165, 1.54) is 0 Å². The van der Waals surface area contributed by atoms with E-state index in [2.05, 4.69) is 10.1 Å². The number of carbonyl (C=O) groups is 1. The lowest BCUT2D eigenvalue weighted by Crippen LogP contribution is -2.37. The van der Waals surface area contributed by atoms with E-state index in [1.807, 2.05) is 20.8 Å². The molecule has 6 nitrogen and oxygen atoms in total. The normalized spacial score (nSPS) is 12.9. The van der Waals surface area contributed by atoms with Crippen LogP contribution < -0.4 is 0 Å². The number of hydrogen-bond acceptors (Lipinski definition) is 5. The van der Waals surface area contributed by atoms with E-state index in [0.29, 0.717) is 10.7 Å². The Kier molecular flexibility index (Phi) is 4.74. The summed E-state index contributed by atoms with van der Waals surface area (Å²) in [4.78, 5) is 15.2. The largest absolute Gasteiger partial charge is 0.480 e. The predicted molar refractivity (Wildman–Crippen MR) is 62.0 cm³/mol. The molecule has 114 valence electrons. The number of rotatable bonds is 5. The summed E-state index contributed by atoms with van der Waals surface area (Å²) in [5.74, 6) is -1.04. The molecule has 1 heterocycles. The van der Waals surface area contributed by atoms with Gasteiger partial charge < -0.3 is 9.63 Å². The second-order valence-electron chi connectivity index (χ2n) is 5.42. The molecule has 20 heavy (non-hydrogen) atoms. The van der Waals surface area contributed by atoms with Crippen LogP contribution in [0.5, 0.6) is 0 Å². The van der Waals surface area contributed by atoms with Crippen LogP contribution in [0.4, 0.5) is 13.2 Å². The van der Waals surface area contributed by atoms with Gasteiger partial charge in [-0.2, -0.15) is 18.2 Å². The topological polar surface area (TPSA) is 79.5 Å². The molecule has 0 radical (unpaired) electrons. The Hall–Kier alpha value is -1.64. The highest BCUT2D eigenvalue weighted by Gasteiger charge is 2.32. The minimum absolute atomic E-state index is 0.0413. The molecule has 0 aliphatic rings. The molecule has 0 aliphatic heterocycles. The van der Waals surface area contributed by atoms with Crippen LogP contribution in [-0.2, 0) is 16.8 Å².